The topological polar surface area (TPSA) is 68.2 Å². The van der Waals surface area contributed by atoms with Crippen LogP contribution < -0.4 is 9.60 Å². The van der Waals surface area contributed by atoms with Crippen LogP contribution in [0, 0.1) is 13.8 Å². The van der Waals surface area contributed by atoms with Crippen LogP contribution >= 0.6 is 11.3 Å². The molecule has 0 aliphatic heterocycles. The van der Waals surface area contributed by atoms with E-state index in [1.807, 2.05) is 13.8 Å². The third kappa shape index (κ3) is 2.89. The molecule has 0 bridgehead atoms. The molecule has 1 heterocycles. The number of sulfonamides is 1. The van der Waals surface area contributed by atoms with Crippen molar-refractivity contribution in [3.05, 3.63) is 57.2 Å². The third-order valence-corrected chi connectivity index (χ3v) is 6.21. The van der Waals surface area contributed by atoms with Gasteiger partial charge in [-0.2, -0.15) is 0 Å². The van der Waals surface area contributed by atoms with Gasteiger partial charge in [-0.15, -0.1) is 0 Å². The van der Waals surface area contributed by atoms with E-state index in [1.54, 1.807) is 48.0 Å². The van der Waals surface area contributed by atoms with E-state index in [0.717, 1.165) is 32.7 Å². The highest BCUT2D eigenvalue weighted by Gasteiger charge is 2.15. The number of fused-ring (bicyclic) bond motifs is 1. The summed E-state index contributed by atoms with van der Waals surface area (Å²) in [6.45, 7) is 3.81. The smallest absolute Gasteiger partial charge is 0.302 e. The van der Waals surface area contributed by atoms with E-state index in [0.29, 0.717) is 5.69 Å². The van der Waals surface area contributed by atoms with Crippen LogP contribution in [0.3, 0.4) is 0 Å². The number of hydrogen-bond donors (Lipinski definition) is 1. The third-order valence-electron chi connectivity index (χ3n) is 3.83. The van der Waals surface area contributed by atoms with Crippen molar-refractivity contribution in [3.63, 3.8) is 0 Å². The first-order valence-corrected chi connectivity index (χ1v) is 9.27. The molecule has 2 aromatic carbocycles. The van der Waals surface area contributed by atoms with E-state index in [9.17, 15) is 13.2 Å². The molecule has 0 fully saturated rings. The monoisotopic (exact) mass is 348 g/mol. The predicted molar refractivity (Wildman–Crippen MR) is 93.8 cm³/mol. The van der Waals surface area contributed by atoms with Crippen LogP contribution in [0.5, 0.6) is 0 Å². The molecule has 0 amide bonds. The minimum atomic E-state index is -3.65. The lowest BCUT2D eigenvalue weighted by atomic mass is 10.1. The Bertz CT molecular complexity index is 1060. The molecule has 0 saturated carbocycles. The molecular weight excluding hydrogens is 332 g/mol. The minimum Gasteiger partial charge on any atom is -0.302 e. The second-order valence-corrected chi connectivity index (χ2v) is 8.14. The lowest BCUT2D eigenvalue weighted by molar-refractivity contribution is 0.601. The summed E-state index contributed by atoms with van der Waals surface area (Å²) in [5.41, 5.74) is 3.19. The van der Waals surface area contributed by atoms with Gasteiger partial charge in [0.1, 0.15) is 0 Å². The number of aryl methyl sites for hydroxylation is 3. The zero-order chi connectivity index (χ0) is 16.8. The van der Waals surface area contributed by atoms with Crippen molar-refractivity contribution in [3.8, 4) is 0 Å². The Morgan fingerprint density at radius 3 is 2.48 bits per heavy atom. The van der Waals surface area contributed by atoms with Crippen molar-refractivity contribution in [2.24, 2.45) is 7.05 Å². The standard InChI is InChI=1S/C16H16N2O3S2/c1-10-4-6-13(8-11(10)2)23(20,21)17-12-5-7-14-15(9-12)22-16(19)18(14)3/h4-9,17H,1-3H3. The fourth-order valence-electron chi connectivity index (χ4n) is 2.29. The second-order valence-electron chi connectivity index (χ2n) is 5.46. The number of nitrogens with zero attached hydrogens (tertiary/aromatic N) is 1. The molecular formula is C16H16N2O3S2. The Kier molecular flexibility index (Phi) is 3.77. The number of nitrogens with one attached hydrogen (secondary N) is 1. The van der Waals surface area contributed by atoms with E-state index in [-0.39, 0.29) is 9.77 Å². The molecule has 5 nitrogen and oxygen atoms in total. The molecule has 0 radical (unpaired) electrons. The maximum Gasteiger partial charge on any atom is 0.307 e. The second kappa shape index (κ2) is 5.50. The number of thiazole rings is 1. The number of rotatable bonds is 3. The maximum atomic E-state index is 12.5. The number of anilines is 1. The van der Waals surface area contributed by atoms with Gasteiger partial charge in [-0.05, 0) is 55.3 Å². The Balaban J connectivity index is 1.99. The highest BCUT2D eigenvalue weighted by atomic mass is 32.2. The maximum absolute atomic E-state index is 12.5. The van der Waals surface area contributed by atoms with Crippen molar-refractivity contribution in [2.75, 3.05) is 4.72 Å². The van der Waals surface area contributed by atoms with Crippen LogP contribution in [-0.4, -0.2) is 13.0 Å². The van der Waals surface area contributed by atoms with E-state index in [2.05, 4.69) is 4.72 Å². The average Bonchev–Trinajstić information content (AvgIpc) is 2.76. The SMILES string of the molecule is Cc1ccc(S(=O)(=O)Nc2ccc3c(c2)sc(=O)n3C)cc1C. The molecule has 1 aromatic heterocycles. The fraction of sp³-hybridized carbons (Fsp3) is 0.188. The van der Waals surface area contributed by atoms with Gasteiger partial charge in [0.25, 0.3) is 10.0 Å². The molecule has 23 heavy (non-hydrogen) atoms. The van der Waals surface area contributed by atoms with E-state index >= 15 is 0 Å². The molecule has 0 saturated heterocycles. The highest BCUT2D eigenvalue weighted by molar-refractivity contribution is 7.92. The van der Waals surface area contributed by atoms with Gasteiger partial charge in [-0.25, -0.2) is 8.42 Å². The first-order chi connectivity index (χ1) is 10.8. The van der Waals surface area contributed by atoms with E-state index in [4.69, 9.17) is 0 Å². The molecule has 3 aromatic rings. The summed E-state index contributed by atoms with van der Waals surface area (Å²) in [4.78, 5) is 11.8. The molecule has 0 aliphatic carbocycles. The van der Waals surface area contributed by atoms with Gasteiger partial charge in [0.05, 0.1) is 20.8 Å². The fourth-order valence-corrected chi connectivity index (χ4v) is 4.35. The Labute approximate surface area is 138 Å². The highest BCUT2D eigenvalue weighted by Crippen LogP contribution is 2.24. The summed E-state index contributed by atoms with van der Waals surface area (Å²) < 4.78 is 29.9. The van der Waals surface area contributed by atoms with Gasteiger partial charge >= 0.3 is 4.87 Å². The van der Waals surface area contributed by atoms with Gasteiger partial charge in [0, 0.05) is 7.05 Å². The molecule has 0 atom stereocenters. The molecule has 0 aliphatic rings. The van der Waals surface area contributed by atoms with E-state index < -0.39 is 10.0 Å². The van der Waals surface area contributed by atoms with Crippen molar-refractivity contribution < 1.29 is 8.42 Å². The zero-order valence-corrected chi connectivity index (χ0v) is 14.6. The summed E-state index contributed by atoms with van der Waals surface area (Å²) in [6, 6.07) is 10.1. The molecule has 7 heteroatoms. The molecule has 120 valence electrons. The van der Waals surface area contributed by atoms with Gasteiger partial charge in [0.2, 0.25) is 0 Å². The lowest BCUT2D eigenvalue weighted by Gasteiger charge is -2.10. The van der Waals surface area contributed by atoms with Gasteiger partial charge in [0.15, 0.2) is 0 Å². The lowest BCUT2D eigenvalue weighted by Crippen LogP contribution is -2.13. The Morgan fingerprint density at radius 1 is 1.04 bits per heavy atom. The quantitative estimate of drug-likeness (QED) is 0.791. The van der Waals surface area contributed by atoms with E-state index in [1.165, 1.54) is 0 Å². The largest absolute Gasteiger partial charge is 0.307 e. The van der Waals surface area contributed by atoms with Crippen molar-refractivity contribution >= 4 is 37.3 Å². The van der Waals surface area contributed by atoms with Crippen LogP contribution in [0.4, 0.5) is 5.69 Å². The number of aromatic nitrogens is 1. The summed E-state index contributed by atoms with van der Waals surface area (Å²) in [6.07, 6.45) is 0. The molecule has 0 spiro atoms. The van der Waals surface area contributed by atoms with Gasteiger partial charge in [-0.3, -0.25) is 9.52 Å². The van der Waals surface area contributed by atoms with Crippen LogP contribution in [0.2, 0.25) is 0 Å². The first kappa shape index (κ1) is 15.8. The zero-order valence-electron chi connectivity index (χ0n) is 13.0. The Morgan fingerprint density at radius 2 is 1.78 bits per heavy atom. The summed E-state index contributed by atoms with van der Waals surface area (Å²) >= 11 is 1.09. The minimum absolute atomic E-state index is 0.0748. The Hall–Kier alpha value is -2.12. The molecule has 3 rings (SSSR count). The predicted octanol–water partition coefficient (Wildman–Crippen LogP) is 3.02. The average molecular weight is 348 g/mol. The van der Waals surface area contributed by atoms with Crippen molar-refractivity contribution in [1.29, 1.82) is 0 Å². The van der Waals surface area contributed by atoms with Crippen molar-refractivity contribution in [2.45, 2.75) is 18.7 Å². The number of benzene rings is 2. The van der Waals surface area contributed by atoms with Gasteiger partial charge in [-0.1, -0.05) is 17.4 Å². The van der Waals surface area contributed by atoms with Crippen LogP contribution in [0.15, 0.2) is 46.1 Å². The normalized spacial score (nSPS) is 11.8. The number of hydrogen-bond acceptors (Lipinski definition) is 4. The first-order valence-electron chi connectivity index (χ1n) is 6.97. The van der Waals surface area contributed by atoms with Crippen LogP contribution in [-0.2, 0) is 17.1 Å². The van der Waals surface area contributed by atoms with Crippen molar-refractivity contribution in [1.82, 2.24) is 4.57 Å². The van der Waals surface area contributed by atoms with Crippen LogP contribution in [0.25, 0.3) is 10.2 Å². The summed E-state index contributed by atoms with van der Waals surface area (Å²) in [5.74, 6) is 0. The molecule has 0 unspecified atom stereocenters. The summed E-state index contributed by atoms with van der Waals surface area (Å²) in [5, 5.41) is 0. The summed E-state index contributed by atoms with van der Waals surface area (Å²) in [7, 11) is -1.96. The molecule has 1 N–H and O–H groups in total. The van der Waals surface area contributed by atoms with Gasteiger partial charge < -0.3 is 4.57 Å². The van der Waals surface area contributed by atoms with Crippen LogP contribution in [0.1, 0.15) is 11.1 Å².